The average Bonchev–Trinajstić information content (AvgIpc) is 3.07. The van der Waals surface area contributed by atoms with Crippen molar-refractivity contribution in [3.63, 3.8) is 0 Å². The number of aromatic nitrogens is 4. The Morgan fingerprint density at radius 1 is 1.14 bits per heavy atom. The van der Waals surface area contributed by atoms with E-state index in [1.54, 1.807) is 0 Å². The van der Waals surface area contributed by atoms with Crippen LogP contribution in [0.25, 0.3) is 11.2 Å². The Morgan fingerprint density at radius 3 is 2.28 bits per heavy atom. The summed E-state index contributed by atoms with van der Waals surface area (Å²) in [6.45, 7) is -1.12. The van der Waals surface area contributed by atoms with Gasteiger partial charge in [-0.25, -0.2) is 8.88 Å². The summed E-state index contributed by atoms with van der Waals surface area (Å²) in [5.74, 6) is -0.269. The molecule has 25 heteroatoms. The molecular formula is C11H15N5Na3O14P3. The quantitative estimate of drug-likeness (QED) is 0.124. The standard InChI is InChI=1S/C11H18N5O14P3.3Na/c1-15-3-16(8-5(15)9(19)14-11(12)13-8)10-7(18)6(17)4(28-10)2-27-32(23,24)30-33(25,26)29-31(20,21)22;;;/h3-4,6-7,10,17-18H,2H2,1H3,(H6-,12,13,14,19,20,21,22,23,24,25,26);;;/q;3*+1/p-3/t4-,6-,7-,10-;;;/m1.../s1. The zero-order chi connectivity index (χ0) is 24.9. The van der Waals surface area contributed by atoms with Crippen molar-refractivity contribution in [2.75, 3.05) is 12.3 Å². The number of nitrogens with one attached hydrogen (secondary N) is 1. The van der Waals surface area contributed by atoms with Gasteiger partial charge in [0, 0.05) is 0 Å². The van der Waals surface area contributed by atoms with Gasteiger partial charge in [-0.1, -0.05) is 4.98 Å². The maximum atomic E-state index is 12.1. The molecule has 2 aromatic rings. The van der Waals surface area contributed by atoms with E-state index in [1.807, 2.05) is 0 Å². The average molecular weight is 603 g/mol. The number of aryl methyl sites for hydroxylation is 1. The second-order valence-electron chi connectivity index (χ2n) is 6.60. The zero-order valence-electron chi connectivity index (χ0n) is 19.1. The molecule has 3 heterocycles. The van der Waals surface area contributed by atoms with Crippen LogP contribution in [0, 0.1) is 0 Å². The van der Waals surface area contributed by atoms with Gasteiger partial charge in [0.2, 0.25) is 11.7 Å². The van der Waals surface area contributed by atoms with Crippen LogP contribution in [0.3, 0.4) is 0 Å². The Hall–Kier alpha value is 1.44. The molecule has 5 N–H and O–H groups in total. The molecule has 1 saturated heterocycles. The van der Waals surface area contributed by atoms with Crippen LogP contribution in [-0.2, 0) is 38.6 Å². The fraction of sp³-hybridized carbons (Fsp3) is 0.545. The Bertz CT molecular complexity index is 1270. The molecule has 36 heavy (non-hydrogen) atoms. The number of H-pyrrole nitrogens is 1. The Morgan fingerprint density at radius 2 is 1.72 bits per heavy atom. The van der Waals surface area contributed by atoms with E-state index in [2.05, 4.69) is 23.1 Å². The van der Waals surface area contributed by atoms with Gasteiger partial charge in [-0.15, -0.1) is 0 Å². The van der Waals surface area contributed by atoms with E-state index >= 15 is 0 Å². The van der Waals surface area contributed by atoms with Gasteiger partial charge in [0.1, 0.15) is 18.3 Å². The maximum absolute atomic E-state index is 12.1. The molecule has 1 aliphatic rings. The van der Waals surface area contributed by atoms with Gasteiger partial charge in [-0.2, -0.15) is 0 Å². The molecule has 0 spiro atoms. The predicted octanol–water partition coefficient (Wildman–Crippen LogP) is -14.4. The van der Waals surface area contributed by atoms with Crippen LogP contribution in [0.4, 0.5) is 5.95 Å². The number of fused-ring (bicyclic) bond motifs is 1. The van der Waals surface area contributed by atoms with Crippen molar-refractivity contribution in [3.8, 4) is 0 Å². The fourth-order valence-corrected chi connectivity index (χ4v) is 5.87. The van der Waals surface area contributed by atoms with E-state index in [0.717, 1.165) is 4.57 Å². The van der Waals surface area contributed by atoms with Crippen molar-refractivity contribution < 1.29 is 155 Å². The number of phosphoric acid groups is 3. The van der Waals surface area contributed by atoms with Crippen LogP contribution in [0.15, 0.2) is 11.1 Å². The van der Waals surface area contributed by atoms with Gasteiger partial charge in [0.25, 0.3) is 27.2 Å². The Kier molecular flexibility index (Phi) is 14.4. The first-order chi connectivity index (χ1) is 15.0. The number of ether oxygens (including phenoxy) is 1. The molecule has 2 aromatic heterocycles. The number of hydrogen-bond acceptors (Lipinski definition) is 16. The number of aliphatic hydroxyl groups excluding tert-OH is 2. The van der Waals surface area contributed by atoms with Gasteiger partial charge in [0.15, 0.2) is 6.33 Å². The molecule has 2 unspecified atom stereocenters. The SMILES string of the molecule is Cn1c[n+]([C@@H]2O[C@H](COP(=O)([O-])OP(=O)([O-])OP(=O)([O-])[O-])[C@@H](O)[C@H]2O)c2nc(N)[nH]c(=O)c21.[Na+].[Na+].[Na+]. The second kappa shape index (κ2) is 13.9. The third-order valence-electron chi connectivity index (χ3n) is 4.20. The zero-order valence-corrected chi connectivity index (χ0v) is 27.8. The summed E-state index contributed by atoms with van der Waals surface area (Å²) in [4.78, 5) is 61.8. The minimum Gasteiger partial charge on any atom is -0.790 e. The van der Waals surface area contributed by atoms with E-state index in [-0.39, 0.29) is 106 Å². The van der Waals surface area contributed by atoms with Gasteiger partial charge in [-0.05, 0) is 0 Å². The molecule has 0 aliphatic carbocycles. The van der Waals surface area contributed by atoms with E-state index in [1.165, 1.54) is 17.9 Å². The monoisotopic (exact) mass is 603 g/mol. The Balaban J connectivity index is 0.00000408. The van der Waals surface area contributed by atoms with Crippen molar-refractivity contribution in [2.24, 2.45) is 7.05 Å². The third-order valence-corrected chi connectivity index (χ3v) is 7.86. The normalized spacial score (nSPS) is 25.2. The number of nitrogens with two attached hydrogens (primary N) is 1. The minimum absolute atomic E-state index is 0. The molecule has 1 aliphatic heterocycles. The smallest absolute Gasteiger partial charge is 0.790 e. The number of rotatable bonds is 8. The number of nitrogens with zero attached hydrogens (tertiary/aromatic N) is 3. The van der Waals surface area contributed by atoms with Crippen molar-refractivity contribution in [2.45, 2.75) is 24.5 Å². The number of hydrogen-bond donors (Lipinski definition) is 4. The number of nitrogen functional groups attached to an aromatic ring is 1. The van der Waals surface area contributed by atoms with Crippen LogP contribution >= 0.6 is 23.5 Å². The molecule has 0 bridgehead atoms. The number of imidazole rings is 1. The van der Waals surface area contributed by atoms with Crippen molar-refractivity contribution in [1.29, 1.82) is 0 Å². The molecule has 6 atom stereocenters. The molecule has 3 rings (SSSR count). The number of aliphatic hydroxyl groups is 2. The van der Waals surface area contributed by atoms with Crippen LogP contribution in [-0.4, -0.2) is 49.7 Å². The van der Waals surface area contributed by atoms with Crippen molar-refractivity contribution >= 4 is 40.6 Å². The van der Waals surface area contributed by atoms with Crippen molar-refractivity contribution in [1.82, 2.24) is 14.5 Å². The summed E-state index contributed by atoms with van der Waals surface area (Å²) in [6.07, 6.45) is -5.28. The van der Waals surface area contributed by atoms with E-state index in [0.29, 0.717) is 0 Å². The van der Waals surface area contributed by atoms with Gasteiger partial charge in [-0.3, -0.25) is 27.8 Å². The summed E-state index contributed by atoms with van der Waals surface area (Å²) in [7, 11) is -16.7. The van der Waals surface area contributed by atoms with E-state index in [9.17, 15) is 48.3 Å². The van der Waals surface area contributed by atoms with Crippen LogP contribution < -0.4 is 124 Å². The molecule has 186 valence electrons. The maximum Gasteiger partial charge on any atom is 1.00 e. The summed E-state index contributed by atoms with van der Waals surface area (Å²) in [6, 6.07) is 0. The number of aromatic amines is 1. The largest absolute Gasteiger partial charge is 1.00 e. The topological polar surface area (TPSA) is 301 Å². The minimum atomic E-state index is -6.17. The molecule has 0 aromatic carbocycles. The molecule has 0 radical (unpaired) electrons. The first-order valence-electron chi connectivity index (χ1n) is 8.48. The van der Waals surface area contributed by atoms with Crippen LogP contribution in [0.1, 0.15) is 6.23 Å². The molecular weight excluding hydrogens is 588 g/mol. The molecule has 0 amide bonds. The third kappa shape index (κ3) is 9.24. The summed E-state index contributed by atoms with van der Waals surface area (Å²) < 4.78 is 51.6. The molecule has 1 fully saturated rings. The summed E-state index contributed by atoms with van der Waals surface area (Å²) in [5.41, 5.74) is 4.86. The fourth-order valence-electron chi connectivity index (χ4n) is 3.00. The van der Waals surface area contributed by atoms with Gasteiger partial charge < -0.3 is 49.3 Å². The summed E-state index contributed by atoms with van der Waals surface area (Å²) >= 11 is 0. The van der Waals surface area contributed by atoms with Gasteiger partial charge >= 0.3 is 94.3 Å². The number of phosphoric ester groups is 1. The van der Waals surface area contributed by atoms with Crippen LogP contribution in [0.2, 0.25) is 0 Å². The second-order valence-corrected chi connectivity index (χ2v) is 10.9. The first-order valence-corrected chi connectivity index (χ1v) is 12.9. The molecule has 0 saturated carbocycles. The van der Waals surface area contributed by atoms with E-state index < -0.39 is 60.2 Å². The Labute approximate surface area is 267 Å². The predicted molar refractivity (Wildman–Crippen MR) is 92.8 cm³/mol. The van der Waals surface area contributed by atoms with Crippen molar-refractivity contribution in [3.05, 3.63) is 16.7 Å². The first kappa shape index (κ1) is 37.4. The number of anilines is 1. The van der Waals surface area contributed by atoms with Gasteiger partial charge in [0.05, 0.1) is 21.5 Å². The van der Waals surface area contributed by atoms with Crippen LogP contribution in [0.5, 0.6) is 0 Å². The molecule has 19 nitrogen and oxygen atoms in total. The summed E-state index contributed by atoms with van der Waals surface area (Å²) in [5, 5.41) is 20.5. The van der Waals surface area contributed by atoms with E-state index in [4.69, 9.17) is 10.5 Å².